The van der Waals surface area contributed by atoms with Crippen LogP contribution in [-0.4, -0.2) is 22.9 Å². The number of halogens is 1. The fourth-order valence-electron chi connectivity index (χ4n) is 2.04. The van der Waals surface area contributed by atoms with Crippen LogP contribution in [0.25, 0.3) is 0 Å². The molecule has 0 fully saturated rings. The summed E-state index contributed by atoms with van der Waals surface area (Å²) in [6.45, 7) is 6.41. The van der Waals surface area contributed by atoms with E-state index >= 15 is 0 Å². The Morgan fingerprint density at radius 1 is 1.44 bits per heavy atom. The van der Waals surface area contributed by atoms with E-state index in [0.717, 1.165) is 29.3 Å². The van der Waals surface area contributed by atoms with Crippen LogP contribution < -0.4 is 5.32 Å². The van der Waals surface area contributed by atoms with Crippen LogP contribution in [0.2, 0.25) is 5.02 Å². The van der Waals surface area contributed by atoms with Gasteiger partial charge in [-0.15, -0.1) is 0 Å². The summed E-state index contributed by atoms with van der Waals surface area (Å²) in [4.78, 5) is 0. The maximum absolute atomic E-state index is 6.23. The fourth-order valence-corrected chi connectivity index (χ4v) is 2.27. The Hall–Kier alpha value is -0.540. The number of nitrogens with zero attached hydrogens (tertiary/aromatic N) is 2. The van der Waals surface area contributed by atoms with Crippen molar-refractivity contribution < 1.29 is 0 Å². The van der Waals surface area contributed by atoms with Gasteiger partial charge in [0.1, 0.15) is 0 Å². The SMILES string of the molecule is CNC(C)CC(C)Cc1c(Cl)c(C)nn1C. The van der Waals surface area contributed by atoms with E-state index in [-0.39, 0.29) is 0 Å². The maximum Gasteiger partial charge on any atom is 0.0847 e. The molecule has 3 nitrogen and oxygen atoms in total. The van der Waals surface area contributed by atoms with Gasteiger partial charge in [0.05, 0.1) is 16.4 Å². The normalized spacial score (nSPS) is 15.1. The van der Waals surface area contributed by atoms with E-state index < -0.39 is 0 Å². The van der Waals surface area contributed by atoms with Crippen molar-refractivity contribution in [1.82, 2.24) is 15.1 Å². The van der Waals surface area contributed by atoms with Crippen LogP contribution in [0.4, 0.5) is 0 Å². The van der Waals surface area contributed by atoms with Gasteiger partial charge in [-0.1, -0.05) is 18.5 Å². The first-order valence-electron chi connectivity index (χ1n) is 5.81. The summed E-state index contributed by atoms with van der Waals surface area (Å²) in [6, 6.07) is 0.545. The monoisotopic (exact) mass is 243 g/mol. The zero-order valence-electron chi connectivity index (χ0n) is 10.8. The molecule has 0 radical (unpaired) electrons. The molecule has 16 heavy (non-hydrogen) atoms. The van der Waals surface area contributed by atoms with E-state index in [4.69, 9.17) is 11.6 Å². The topological polar surface area (TPSA) is 29.9 Å². The predicted octanol–water partition coefficient (Wildman–Crippen LogP) is 2.56. The lowest BCUT2D eigenvalue weighted by Crippen LogP contribution is -2.24. The van der Waals surface area contributed by atoms with Crippen molar-refractivity contribution in [3.63, 3.8) is 0 Å². The minimum absolute atomic E-state index is 0.545. The molecule has 0 saturated carbocycles. The highest BCUT2D eigenvalue weighted by atomic mass is 35.5. The Kier molecular flexibility index (Phi) is 4.81. The summed E-state index contributed by atoms with van der Waals surface area (Å²) in [6.07, 6.45) is 2.14. The number of hydrogen-bond donors (Lipinski definition) is 1. The molecule has 0 saturated heterocycles. The molecule has 1 heterocycles. The van der Waals surface area contributed by atoms with Crippen LogP contribution in [0.3, 0.4) is 0 Å². The van der Waals surface area contributed by atoms with E-state index in [1.807, 2.05) is 25.7 Å². The third kappa shape index (κ3) is 3.22. The zero-order chi connectivity index (χ0) is 12.3. The van der Waals surface area contributed by atoms with Crippen LogP contribution in [0, 0.1) is 12.8 Å². The summed E-state index contributed by atoms with van der Waals surface area (Å²) in [7, 11) is 3.96. The second kappa shape index (κ2) is 5.69. The summed E-state index contributed by atoms with van der Waals surface area (Å²) in [5.41, 5.74) is 2.07. The van der Waals surface area contributed by atoms with Gasteiger partial charge < -0.3 is 5.32 Å². The van der Waals surface area contributed by atoms with E-state index in [0.29, 0.717) is 12.0 Å². The van der Waals surface area contributed by atoms with Crippen LogP contribution in [0.15, 0.2) is 0 Å². The Labute approximate surface area is 103 Å². The Balaban J connectivity index is 2.65. The third-order valence-corrected chi connectivity index (χ3v) is 3.54. The highest BCUT2D eigenvalue weighted by Gasteiger charge is 2.15. The summed E-state index contributed by atoms with van der Waals surface area (Å²) < 4.78 is 1.90. The van der Waals surface area contributed by atoms with Crippen LogP contribution in [0.5, 0.6) is 0 Å². The van der Waals surface area contributed by atoms with Crippen molar-refractivity contribution in [3.05, 3.63) is 16.4 Å². The van der Waals surface area contributed by atoms with Gasteiger partial charge in [-0.05, 0) is 39.7 Å². The Bertz CT molecular complexity index is 346. The fraction of sp³-hybridized carbons (Fsp3) is 0.750. The molecule has 0 aliphatic heterocycles. The van der Waals surface area contributed by atoms with Crippen molar-refractivity contribution >= 4 is 11.6 Å². The van der Waals surface area contributed by atoms with Crippen molar-refractivity contribution in [2.45, 2.75) is 39.7 Å². The van der Waals surface area contributed by atoms with Crippen molar-refractivity contribution in [3.8, 4) is 0 Å². The molecule has 0 aliphatic rings. The van der Waals surface area contributed by atoms with Crippen LogP contribution in [-0.2, 0) is 13.5 Å². The average molecular weight is 244 g/mol. The van der Waals surface area contributed by atoms with Gasteiger partial charge in [-0.25, -0.2) is 0 Å². The lowest BCUT2D eigenvalue weighted by Gasteiger charge is -2.16. The van der Waals surface area contributed by atoms with Gasteiger partial charge in [-0.3, -0.25) is 4.68 Å². The average Bonchev–Trinajstić information content (AvgIpc) is 2.45. The summed E-state index contributed by atoms with van der Waals surface area (Å²) in [5.74, 6) is 0.606. The molecule has 2 unspecified atom stereocenters. The van der Waals surface area contributed by atoms with Gasteiger partial charge in [0.2, 0.25) is 0 Å². The van der Waals surface area contributed by atoms with E-state index in [1.165, 1.54) is 0 Å². The van der Waals surface area contributed by atoms with Crippen molar-refractivity contribution in [2.24, 2.45) is 13.0 Å². The van der Waals surface area contributed by atoms with Crippen molar-refractivity contribution in [2.75, 3.05) is 7.05 Å². The molecule has 0 amide bonds. The summed E-state index contributed by atoms with van der Waals surface area (Å²) >= 11 is 6.23. The first kappa shape index (κ1) is 13.5. The minimum atomic E-state index is 0.545. The number of nitrogens with one attached hydrogen (secondary N) is 1. The summed E-state index contributed by atoms with van der Waals surface area (Å²) in [5, 5.41) is 8.42. The molecule has 4 heteroatoms. The Morgan fingerprint density at radius 2 is 2.06 bits per heavy atom. The van der Waals surface area contributed by atoms with Gasteiger partial charge in [0.25, 0.3) is 0 Å². The maximum atomic E-state index is 6.23. The number of rotatable bonds is 5. The van der Waals surface area contributed by atoms with Gasteiger partial charge >= 0.3 is 0 Å². The van der Waals surface area contributed by atoms with E-state index in [2.05, 4.69) is 24.3 Å². The molecule has 1 N–H and O–H groups in total. The molecule has 0 bridgehead atoms. The molecule has 2 atom stereocenters. The molecule has 92 valence electrons. The highest BCUT2D eigenvalue weighted by molar-refractivity contribution is 6.31. The van der Waals surface area contributed by atoms with Gasteiger partial charge in [0, 0.05) is 13.1 Å². The molecular weight excluding hydrogens is 222 g/mol. The zero-order valence-corrected chi connectivity index (χ0v) is 11.6. The lowest BCUT2D eigenvalue weighted by molar-refractivity contribution is 0.431. The third-order valence-electron chi connectivity index (χ3n) is 3.05. The molecule has 0 aromatic carbocycles. The van der Waals surface area contributed by atoms with Gasteiger partial charge in [0.15, 0.2) is 0 Å². The number of hydrogen-bond acceptors (Lipinski definition) is 2. The standard InChI is InChI=1S/C12H22ClN3/c1-8(6-9(2)14-4)7-11-12(13)10(3)15-16(11)5/h8-9,14H,6-7H2,1-5H3. The van der Waals surface area contributed by atoms with Gasteiger partial charge in [-0.2, -0.15) is 5.10 Å². The number of aromatic nitrogens is 2. The van der Waals surface area contributed by atoms with E-state index in [9.17, 15) is 0 Å². The molecular formula is C12H22ClN3. The Morgan fingerprint density at radius 3 is 2.50 bits per heavy atom. The highest BCUT2D eigenvalue weighted by Crippen LogP contribution is 2.23. The predicted molar refractivity (Wildman–Crippen MR) is 69.0 cm³/mol. The minimum Gasteiger partial charge on any atom is -0.317 e. The molecule has 1 rings (SSSR count). The van der Waals surface area contributed by atoms with Crippen LogP contribution >= 0.6 is 11.6 Å². The first-order chi connectivity index (χ1) is 7.45. The first-order valence-corrected chi connectivity index (χ1v) is 6.18. The van der Waals surface area contributed by atoms with Crippen LogP contribution in [0.1, 0.15) is 31.7 Å². The quantitative estimate of drug-likeness (QED) is 0.862. The molecule has 1 aromatic rings. The smallest absolute Gasteiger partial charge is 0.0847 e. The molecule has 0 spiro atoms. The lowest BCUT2D eigenvalue weighted by atomic mass is 9.97. The van der Waals surface area contributed by atoms with Crippen molar-refractivity contribution in [1.29, 1.82) is 0 Å². The molecule has 1 aromatic heterocycles. The second-order valence-corrected chi connectivity index (χ2v) is 5.08. The number of aryl methyl sites for hydroxylation is 2. The molecule has 0 aliphatic carbocycles. The van der Waals surface area contributed by atoms with E-state index in [1.54, 1.807) is 0 Å². The largest absolute Gasteiger partial charge is 0.317 e. The second-order valence-electron chi connectivity index (χ2n) is 4.70.